The van der Waals surface area contributed by atoms with Gasteiger partial charge in [-0.2, -0.15) is 0 Å². The van der Waals surface area contributed by atoms with Crippen LogP contribution >= 0.6 is 15.9 Å². The Bertz CT molecular complexity index is 455. The highest BCUT2D eigenvalue weighted by Gasteiger charge is 2.26. The SMILES string of the molecule is CCN1CCC(N(C)C(CN)c2ccc(C)c(Br)c2)CC1. The van der Waals surface area contributed by atoms with Crippen molar-refractivity contribution in [2.45, 2.75) is 38.8 Å². The molecule has 1 heterocycles. The van der Waals surface area contributed by atoms with Crippen molar-refractivity contribution in [1.29, 1.82) is 0 Å². The Balaban J connectivity index is 2.08. The largest absolute Gasteiger partial charge is 0.329 e. The molecule has 1 aromatic rings. The Kier molecular flexibility index (Phi) is 6.23. The van der Waals surface area contributed by atoms with Crippen LogP contribution in [0.3, 0.4) is 0 Å². The lowest BCUT2D eigenvalue weighted by molar-refractivity contribution is 0.101. The first-order valence-corrected chi connectivity index (χ1v) is 8.76. The number of benzene rings is 1. The lowest BCUT2D eigenvalue weighted by Gasteiger charge is -2.40. The zero-order valence-electron chi connectivity index (χ0n) is 13.5. The topological polar surface area (TPSA) is 32.5 Å². The number of nitrogens with zero attached hydrogens (tertiary/aromatic N) is 2. The summed E-state index contributed by atoms with van der Waals surface area (Å²) in [6, 6.07) is 7.57. The predicted molar refractivity (Wildman–Crippen MR) is 93.6 cm³/mol. The molecule has 0 radical (unpaired) electrons. The summed E-state index contributed by atoms with van der Waals surface area (Å²) in [5, 5.41) is 0. The number of hydrogen-bond acceptors (Lipinski definition) is 3. The highest BCUT2D eigenvalue weighted by Crippen LogP contribution is 2.28. The third-order valence-electron chi connectivity index (χ3n) is 4.88. The van der Waals surface area contributed by atoms with E-state index in [1.165, 1.54) is 48.1 Å². The molecule has 0 amide bonds. The van der Waals surface area contributed by atoms with Crippen LogP contribution in [0.2, 0.25) is 0 Å². The van der Waals surface area contributed by atoms with Crippen molar-refractivity contribution in [2.24, 2.45) is 5.73 Å². The van der Waals surface area contributed by atoms with Gasteiger partial charge in [-0.3, -0.25) is 4.90 Å². The van der Waals surface area contributed by atoms with Gasteiger partial charge >= 0.3 is 0 Å². The van der Waals surface area contributed by atoms with E-state index in [1.54, 1.807) is 0 Å². The third kappa shape index (κ3) is 4.07. The fraction of sp³-hybridized carbons (Fsp3) is 0.647. The van der Waals surface area contributed by atoms with Crippen LogP contribution in [0.1, 0.15) is 36.9 Å². The maximum atomic E-state index is 6.09. The quantitative estimate of drug-likeness (QED) is 0.882. The summed E-state index contributed by atoms with van der Waals surface area (Å²) in [6.07, 6.45) is 2.49. The van der Waals surface area contributed by atoms with Crippen molar-refractivity contribution in [2.75, 3.05) is 33.2 Å². The van der Waals surface area contributed by atoms with E-state index in [0.717, 1.165) is 0 Å². The van der Waals surface area contributed by atoms with E-state index >= 15 is 0 Å². The van der Waals surface area contributed by atoms with Crippen molar-refractivity contribution >= 4 is 15.9 Å². The fourth-order valence-electron chi connectivity index (χ4n) is 3.25. The predicted octanol–water partition coefficient (Wildman–Crippen LogP) is 3.17. The molecular weight excluding hydrogens is 326 g/mol. The summed E-state index contributed by atoms with van der Waals surface area (Å²) in [6.45, 7) is 8.62. The molecule has 3 nitrogen and oxygen atoms in total. The van der Waals surface area contributed by atoms with Crippen LogP contribution in [0, 0.1) is 6.92 Å². The van der Waals surface area contributed by atoms with Gasteiger partial charge in [-0.15, -0.1) is 0 Å². The first-order valence-electron chi connectivity index (χ1n) is 7.97. The van der Waals surface area contributed by atoms with Gasteiger partial charge in [0.15, 0.2) is 0 Å². The van der Waals surface area contributed by atoms with Gasteiger partial charge in [0.2, 0.25) is 0 Å². The molecule has 0 bridgehead atoms. The third-order valence-corrected chi connectivity index (χ3v) is 5.73. The highest BCUT2D eigenvalue weighted by molar-refractivity contribution is 9.10. The minimum absolute atomic E-state index is 0.306. The Morgan fingerprint density at radius 2 is 2.05 bits per heavy atom. The van der Waals surface area contributed by atoms with Gasteiger partial charge in [0.05, 0.1) is 0 Å². The summed E-state index contributed by atoms with van der Waals surface area (Å²) in [5.74, 6) is 0. The molecule has 21 heavy (non-hydrogen) atoms. The van der Waals surface area contributed by atoms with Crippen molar-refractivity contribution in [1.82, 2.24) is 9.80 Å². The van der Waals surface area contributed by atoms with Crippen LogP contribution in [0.25, 0.3) is 0 Å². The average Bonchev–Trinajstić information content (AvgIpc) is 2.51. The van der Waals surface area contributed by atoms with Crippen molar-refractivity contribution < 1.29 is 0 Å². The minimum Gasteiger partial charge on any atom is -0.329 e. The summed E-state index contributed by atoms with van der Waals surface area (Å²) in [7, 11) is 2.23. The molecule has 118 valence electrons. The lowest BCUT2D eigenvalue weighted by Crippen LogP contribution is -2.45. The molecule has 4 heteroatoms. The molecule has 1 atom stereocenters. The summed E-state index contributed by atoms with van der Waals surface area (Å²) in [5.41, 5.74) is 8.67. The number of rotatable bonds is 5. The van der Waals surface area contributed by atoms with Crippen LogP contribution in [0.15, 0.2) is 22.7 Å². The molecule has 1 aliphatic rings. The van der Waals surface area contributed by atoms with E-state index in [-0.39, 0.29) is 0 Å². The molecule has 1 saturated heterocycles. The molecule has 1 unspecified atom stereocenters. The maximum Gasteiger partial charge on any atom is 0.0470 e. The van der Waals surface area contributed by atoms with Crippen molar-refractivity contribution in [3.8, 4) is 0 Å². The fourth-order valence-corrected chi connectivity index (χ4v) is 3.65. The van der Waals surface area contributed by atoms with E-state index in [0.29, 0.717) is 18.6 Å². The smallest absolute Gasteiger partial charge is 0.0470 e. The standard InChI is InChI=1S/C17H28BrN3/c1-4-21-9-7-15(8-10-21)20(3)17(12-19)14-6-5-13(2)16(18)11-14/h5-6,11,15,17H,4,7-10,12,19H2,1-3H3. The normalized spacial score (nSPS) is 19.1. The van der Waals surface area contributed by atoms with E-state index in [2.05, 4.69) is 64.8 Å². The number of hydrogen-bond donors (Lipinski definition) is 1. The highest BCUT2D eigenvalue weighted by atomic mass is 79.9. The van der Waals surface area contributed by atoms with E-state index in [4.69, 9.17) is 5.73 Å². The zero-order valence-corrected chi connectivity index (χ0v) is 15.1. The van der Waals surface area contributed by atoms with Gasteiger partial charge in [-0.25, -0.2) is 0 Å². The van der Waals surface area contributed by atoms with E-state index < -0.39 is 0 Å². The van der Waals surface area contributed by atoms with Crippen LogP contribution < -0.4 is 5.73 Å². The molecule has 1 aliphatic heterocycles. The molecule has 1 aromatic carbocycles. The summed E-state index contributed by atoms with van der Waals surface area (Å²) in [4.78, 5) is 5.02. The first-order chi connectivity index (χ1) is 10.1. The molecule has 0 aliphatic carbocycles. The van der Waals surface area contributed by atoms with Gasteiger partial charge in [0.25, 0.3) is 0 Å². The number of likely N-dealkylation sites (tertiary alicyclic amines) is 1. The van der Waals surface area contributed by atoms with Crippen LogP contribution in [-0.2, 0) is 0 Å². The van der Waals surface area contributed by atoms with Gasteiger partial charge < -0.3 is 10.6 Å². The Morgan fingerprint density at radius 1 is 1.38 bits per heavy atom. The van der Waals surface area contributed by atoms with Crippen molar-refractivity contribution in [3.05, 3.63) is 33.8 Å². The zero-order chi connectivity index (χ0) is 15.4. The number of piperidine rings is 1. The minimum atomic E-state index is 0.306. The summed E-state index contributed by atoms with van der Waals surface area (Å²) < 4.78 is 1.17. The number of likely N-dealkylation sites (N-methyl/N-ethyl adjacent to an activating group) is 1. The van der Waals surface area contributed by atoms with E-state index in [9.17, 15) is 0 Å². The molecule has 2 N–H and O–H groups in total. The van der Waals surface area contributed by atoms with Gasteiger partial charge in [0, 0.05) is 23.1 Å². The monoisotopic (exact) mass is 353 g/mol. The van der Waals surface area contributed by atoms with Gasteiger partial charge in [-0.05, 0) is 63.6 Å². The molecule has 0 spiro atoms. The Hall–Kier alpha value is -0.420. The summed E-state index contributed by atoms with van der Waals surface area (Å²) >= 11 is 3.64. The molecule has 1 fully saturated rings. The molecule has 0 saturated carbocycles. The van der Waals surface area contributed by atoms with Gasteiger partial charge in [-0.1, -0.05) is 35.0 Å². The first kappa shape index (κ1) is 16.9. The number of aryl methyl sites for hydroxylation is 1. The Labute approximate surface area is 137 Å². The second-order valence-corrected chi connectivity index (χ2v) is 6.95. The second-order valence-electron chi connectivity index (χ2n) is 6.09. The molecular formula is C17H28BrN3. The number of nitrogens with two attached hydrogens (primary N) is 1. The Morgan fingerprint density at radius 3 is 2.57 bits per heavy atom. The van der Waals surface area contributed by atoms with Crippen molar-refractivity contribution in [3.63, 3.8) is 0 Å². The maximum absolute atomic E-state index is 6.09. The van der Waals surface area contributed by atoms with Crippen LogP contribution in [0.5, 0.6) is 0 Å². The van der Waals surface area contributed by atoms with Gasteiger partial charge in [0.1, 0.15) is 0 Å². The second kappa shape index (κ2) is 7.73. The lowest BCUT2D eigenvalue weighted by atomic mass is 9.98. The van der Waals surface area contributed by atoms with E-state index in [1.807, 2.05) is 0 Å². The van der Waals surface area contributed by atoms with Crippen LogP contribution in [-0.4, -0.2) is 49.1 Å². The molecule has 2 rings (SSSR count). The molecule has 0 aromatic heterocycles. The number of halogens is 1. The van der Waals surface area contributed by atoms with Crippen LogP contribution in [0.4, 0.5) is 0 Å². The average molecular weight is 354 g/mol.